The largest absolute Gasteiger partial charge is 0.480 e. The van der Waals surface area contributed by atoms with E-state index in [1.165, 1.54) is 38.6 Å². The van der Waals surface area contributed by atoms with Crippen molar-refractivity contribution >= 4 is 5.97 Å². The van der Waals surface area contributed by atoms with E-state index in [2.05, 4.69) is 9.80 Å². The maximum Gasteiger partial charge on any atom is 0.321 e. The SMILES string of the molecule is O=C(O)C1C2CCCC2CN1C1CCN(C2CC2)C1. The Morgan fingerprint density at radius 2 is 1.84 bits per heavy atom. The van der Waals surface area contributed by atoms with E-state index in [-0.39, 0.29) is 6.04 Å². The van der Waals surface area contributed by atoms with Crippen LogP contribution in [0.5, 0.6) is 0 Å². The first-order chi connectivity index (χ1) is 9.24. The van der Waals surface area contributed by atoms with Crippen LogP contribution in [0, 0.1) is 11.8 Å². The van der Waals surface area contributed by atoms with Gasteiger partial charge in [0, 0.05) is 31.7 Å². The van der Waals surface area contributed by atoms with Crippen molar-refractivity contribution in [3.05, 3.63) is 0 Å². The lowest BCUT2D eigenvalue weighted by molar-refractivity contribution is -0.144. The van der Waals surface area contributed by atoms with Crippen molar-refractivity contribution in [2.24, 2.45) is 11.8 Å². The molecule has 4 aliphatic rings. The first kappa shape index (κ1) is 12.2. The molecule has 4 fully saturated rings. The van der Waals surface area contributed by atoms with Crippen molar-refractivity contribution in [1.29, 1.82) is 0 Å². The van der Waals surface area contributed by atoms with Crippen molar-refractivity contribution in [1.82, 2.24) is 9.80 Å². The van der Waals surface area contributed by atoms with Crippen LogP contribution in [0.15, 0.2) is 0 Å². The Kier molecular flexibility index (Phi) is 2.85. The van der Waals surface area contributed by atoms with E-state index in [9.17, 15) is 9.90 Å². The van der Waals surface area contributed by atoms with Crippen molar-refractivity contribution in [2.45, 2.75) is 56.7 Å². The van der Waals surface area contributed by atoms with Gasteiger partial charge in [0.15, 0.2) is 0 Å². The van der Waals surface area contributed by atoms with Crippen LogP contribution in [0.3, 0.4) is 0 Å². The summed E-state index contributed by atoms with van der Waals surface area (Å²) in [6.45, 7) is 3.35. The molecule has 2 aliphatic carbocycles. The summed E-state index contributed by atoms with van der Waals surface area (Å²) in [5.74, 6) is 0.530. The van der Waals surface area contributed by atoms with Crippen LogP contribution in [-0.4, -0.2) is 58.6 Å². The predicted molar refractivity (Wildman–Crippen MR) is 72.0 cm³/mol. The Balaban J connectivity index is 1.49. The number of carbonyl (C=O) groups is 1. The summed E-state index contributed by atoms with van der Waals surface area (Å²) in [4.78, 5) is 16.6. The summed E-state index contributed by atoms with van der Waals surface area (Å²) in [5, 5.41) is 9.62. The van der Waals surface area contributed by atoms with Crippen LogP contribution in [-0.2, 0) is 4.79 Å². The minimum atomic E-state index is -0.570. The molecule has 4 unspecified atom stereocenters. The summed E-state index contributed by atoms with van der Waals surface area (Å²) >= 11 is 0. The molecule has 4 atom stereocenters. The number of hydrogen-bond acceptors (Lipinski definition) is 3. The summed E-state index contributed by atoms with van der Waals surface area (Å²) in [6, 6.07) is 1.15. The Bertz CT molecular complexity index is 382. The van der Waals surface area contributed by atoms with E-state index in [1.807, 2.05) is 0 Å². The van der Waals surface area contributed by atoms with Crippen LogP contribution in [0.2, 0.25) is 0 Å². The highest BCUT2D eigenvalue weighted by molar-refractivity contribution is 5.74. The average Bonchev–Trinajstić information content (AvgIpc) is 2.83. The number of aliphatic carboxylic acids is 1. The van der Waals surface area contributed by atoms with Gasteiger partial charge in [0.1, 0.15) is 6.04 Å². The summed E-state index contributed by atoms with van der Waals surface area (Å²) in [7, 11) is 0. The van der Waals surface area contributed by atoms with Gasteiger partial charge in [0.25, 0.3) is 0 Å². The van der Waals surface area contributed by atoms with E-state index in [0.717, 1.165) is 25.6 Å². The molecule has 106 valence electrons. The highest BCUT2D eigenvalue weighted by Crippen LogP contribution is 2.44. The van der Waals surface area contributed by atoms with Gasteiger partial charge in [-0.05, 0) is 43.9 Å². The van der Waals surface area contributed by atoms with E-state index < -0.39 is 5.97 Å². The molecule has 0 aromatic carbocycles. The number of likely N-dealkylation sites (tertiary alicyclic amines) is 2. The van der Waals surface area contributed by atoms with E-state index in [0.29, 0.717) is 17.9 Å². The summed E-state index contributed by atoms with van der Waals surface area (Å²) < 4.78 is 0. The van der Waals surface area contributed by atoms with Crippen LogP contribution in [0.4, 0.5) is 0 Å². The van der Waals surface area contributed by atoms with Gasteiger partial charge in [-0.3, -0.25) is 14.6 Å². The molecule has 2 saturated carbocycles. The van der Waals surface area contributed by atoms with Gasteiger partial charge < -0.3 is 5.11 Å². The highest BCUT2D eigenvalue weighted by atomic mass is 16.4. The van der Waals surface area contributed by atoms with Crippen molar-refractivity contribution < 1.29 is 9.90 Å². The molecule has 19 heavy (non-hydrogen) atoms. The Morgan fingerprint density at radius 1 is 1.00 bits per heavy atom. The molecule has 0 bridgehead atoms. The van der Waals surface area contributed by atoms with Crippen LogP contribution >= 0.6 is 0 Å². The second-order valence-electron chi connectivity index (χ2n) is 7.00. The van der Waals surface area contributed by atoms with Gasteiger partial charge in [-0.25, -0.2) is 0 Å². The molecule has 2 heterocycles. The number of nitrogens with zero attached hydrogens (tertiary/aromatic N) is 2. The number of rotatable bonds is 3. The molecule has 0 radical (unpaired) electrons. The second kappa shape index (κ2) is 4.45. The van der Waals surface area contributed by atoms with Gasteiger partial charge in [0.05, 0.1) is 0 Å². The van der Waals surface area contributed by atoms with Crippen molar-refractivity contribution in [3.63, 3.8) is 0 Å². The fourth-order valence-corrected chi connectivity index (χ4v) is 4.85. The third-order valence-corrected chi connectivity index (χ3v) is 5.91. The zero-order valence-electron chi connectivity index (χ0n) is 11.5. The van der Waals surface area contributed by atoms with E-state index in [4.69, 9.17) is 0 Å². The minimum Gasteiger partial charge on any atom is -0.480 e. The lowest BCUT2D eigenvalue weighted by atomic mass is 9.94. The number of carboxylic acids is 1. The molecule has 2 saturated heterocycles. The Morgan fingerprint density at radius 3 is 2.58 bits per heavy atom. The molecule has 4 rings (SSSR count). The molecule has 0 aromatic heterocycles. The van der Waals surface area contributed by atoms with E-state index in [1.54, 1.807) is 0 Å². The fourth-order valence-electron chi connectivity index (χ4n) is 4.85. The maximum atomic E-state index is 11.7. The number of hydrogen-bond donors (Lipinski definition) is 1. The van der Waals surface area contributed by atoms with Crippen LogP contribution < -0.4 is 0 Å². The maximum absolute atomic E-state index is 11.7. The highest BCUT2D eigenvalue weighted by Gasteiger charge is 2.51. The molecule has 2 aliphatic heterocycles. The quantitative estimate of drug-likeness (QED) is 0.837. The molecule has 4 heteroatoms. The lowest BCUT2D eigenvalue weighted by Gasteiger charge is -2.30. The van der Waals surface area contributed by atoms with Gasteiger partial charge in [-0.2, -0.15) is 0 Å². The zero-order chi connectivity index (χ0) is 13.0. The summed E-state index contributed by atoms with van der Waals surface area (Å²) in [5.41, 5.74) is 0. The molecule has 1 N–H and O–H groups in total. The minimum absolute atomic E-state index is 0.184. The smallest absolute Gasteiger partial charge is 0.321 e. The lowest BCUT2D eigenvalue weighted by Crippen LogP contribution is -2.46. The van der Waals surface area contributed by atoms with Gasteiger partial charge in [-0.15, -0.1) is 0 Å². The monoisotopic (exact) mass is 264 g/mol. The van der Waals surface area contributed by atoms with Gasteiger partial charge in [0.2, 0.25) is 0 Å². The van der Waals surface area contributed by atoms with E-state index >= 15 is 0 Å². The summed E-state index contributed by atoms with van der Waals surface area (Å²) in [6.07, 6.45) is 7.54. The third-order valence-electron chi connectivity index (χ3n) is 5.91. The fraction of sp³-hybridized carbons (Fsp3) is 0.933. The Labute approximate surface area is 114 Å². The normalized spacial score (nSPS) is 43.8. The third kappa shape index (κ3) is 2.00. The standard InChI is InChI=1S/C15H24N2O2/c18-15(19)14-13-3-1-2-10(13)8-17(14)12-6-7-16(9-12)11-4-5-11/h10-14H,1-9H2,(H,18,19). The van der Waals surface area contributed by atoms with Gasteiger partial charge in [-0.1, -0.05) is 6.42 Å². The molecule has 0 amide bonds. The molecular weight excluding hydrogens is 240 g/mol. The van der Waals surface area contributed by atoms with Crippen molar-refractivity contribution in [2.75, 3.05) is 19.6 Å². The number of carboxylic acid groups (broad SMARTS) is 1. The molecular formula is C15H24N2O2. The van der Waals surface area contributed by atoms with Crippen molar-refractivity contribution in [3.8, 4) is 0 Å². The van der Waals surface area contributed by atoms with Crippen LogP contribution in [0.1, 0.15) is 38.5 Å². The molecule has 0 aromatic rings. The zero-order valence-corrected chi connectivity index (χ0v) is 11.5. The Hall–Kier alpha value is -0.610. The van der Waals surface area contributed by atoms with Gasteiger partial charge >= 0.3 is 5.97 Å². The van der Waals surface area contributed by atoms with Crippen LogP contribution in [0.25, 0.3) is 0 Å². The number of fused-ring (bicyclic) bond motifs is 1. The second-order valence-corrected chi connectivity index (χ2v) is 7.00. The first-order valence-electron chi connectivity index (χ1n) is 7.96. The predicted octanol–water partition coefficient (Wildman–Crippen LogP) is 1.41. The molecule has 0 spiro atoms. The first-order valence-corrected chi connectivity index (χ1v) is 7.96. The average molecular weight is 264 g/mol. The topological polar surface area (TPSA) is 43.8 Å². The molecule has 4 nitrogen and oxygen atoms in total.